The zero-order valence-corrected chi connectivity index (χ0v) is 11.5. The fourth-order valence-corrected chi connectivity index (χ4v) is 1.12. The zero-order valence-electron chi connectivity index (χ0n) is 11.5. The van der Waals surface area contributed by atoms with Crippen LogP contribution in [0.15, 0.2) is 0 Å². The van der Waals surface area contributed by atoms with Gasteiger partial charge in [0.05, 0.1) is 0 Å². The lowest BCUT2D eigenvalue weighted by molar-refractivity contribution is 0.541. The number of aromatic nitrogens is 3. The summed E-state index contributed by atoms with van der Waals surface area (Å²) >= 11 is 0. The Hall–Kier alpha value is -1.59. The fraction of sp³-hybridized carbons (Fsp3) is 0.727. The second kappa shape index (κ2) is 5.16. The molecule has 0 bridgehead atoms. The Morgan fingerprint density at radius 2 is 1.71 bits per heavy atom. The van der Waals surface area contributed by atoms with Gasteiger partial charge >= 0.3 is 0 Å². The van der Waals surface area contributed by atoms with Gasteiger partial charge in [0.1, 0.15) is 0 Å². The largest absolute Gasteiger partial charge is 0.357 e. The van der Waals surface area contributed by atoms with Crippen LogP contribution in [0, 0.1) is 0 Å². The summed E-state index contributed by atoms with van der Waals surface area (Å²) in [6, 6.07) is 0. The summed E-state index contributed by atoms with van der Waals surface area (Å²) < 4.78 is 0. The number of anilines is 3. The van der Waals surface area contributed by atoms with Crippen molar-refractivity contribution in [2.45, 2.75) is 32.7 Å². The molecule has 2 N–H and O–H groups in total. The van der Waals surface area contributed by atoms with Gasteiger partial charge in [0.2, 0.25) is 17.8 Å². The lowest BCUT2D eigenvalue weighted by atomic mass is 10.0. The third-order valence-electron chi connectivity index (χ3n) is 2.58. The second-order valence-corrected chi connectivity index (χ2v) is 4.79. The van der Waals surface area contributed by atoms with E-state index in [2.05, 4.69) is 46.4 Å². The van der Waals surface area contributed by atoms with Gasteiger partial charge in [-0.15, -0.1) is 0 Å². The van der Waals surface area contributed by atoms with Crippen LogP contribution >= 0.6 is 0 Å². The van der Waals surface area contributed by atoms with Crippen LogP contribution in [0.2, 0.25) is 0 Å². The molecule has 6 nitrogen and oxygen atoms in total. The molecule has 0 fully saturated rings. The number of hydrogen-bond acceptors (Lipinski definition) is 6. The van der Waals surface area contributed by atoms with E-state index in [0.717, 1.165) is 6.42 Å². The summed E-state index contributed by atoms with van der Waals surface area (Å²) in [6.07, 6.45) is 0.991. The van der Waals surface area contributed by atoms with E-state index in [1.807, 2.05) is 19.0 Å². The molecule has 96 valence electrons. The lowest BCUT2D eigenvalue weighted by Crippen LogP contribution is -2.31. The molecule has 0 aromatic carbocycles. The van der Waals surface area contributed by atoms with Crippen LogP contribution in [0.5, 0.6) is 0 Å². The quantitative estimate of drug-likeness (QED) is 0.812. The first kappa shape index (κ1) is 13.5. The van der Waals surface area contributed by atoms with Gasteiger partial charge in [0.15, 0.2) is 0 Å². The number of nitrogens with zero attached hydrogens (tertiary/aromatic N) is 4. The third-order valence-corrected chi connectivity index (χ3v) is 2.58. The first-order valence-electron chi connectivity index (χ1n) is 5.77. The Morgan fingerprint density at radius 3 is 2.18 bits per heavy atom. The van der Waals surface area contributed by atoms with E-state index >= 15 is 0 Å². The van der Waals surface area contributed by atoms with Gasteiger partial charge in [-0.05, 0) is 20.3 Å². The normalized spacial score (nSPS) is 11.2. The summed E-state index contributed by atoms with van der Waals surface area (Å²) in [5.41, 5.74) is -0.0318. The monoisotopic (exact) mass is 238 g/mol. The number of nitrogens with one attached hydrogen (secondary N) is 2. The van der Waals surface area contributed by atoms with Crippen molar-refractivity contribution in [2.75, 3.05) is 36.7 Å². The lowest BCUT2D eigenvalue weighted by Gasteiger charge is -2.25. The van der Waals surface area contributed by atoms with E-state index in [1.54, 1.807) is 7.05 Å². The first-order valence-corrected chi connectivity index (χ1v) is 5.77. The van der Waals surface area contributed by atoms with E-state index in [1.165, 1.54) is 0 Å². The Labute approximate surface area is 103 Å². The van der Waals surface area contributed by atoms with E-state index in [4.69, 9.17) is 0 Å². The third kappa shape index (κ3) is 3.72. The molecule has 1 aromatic rings. The molecule has 0 unspecified atom stereocenters. The second-order valence-electron chi connectivity index (χ2n) is 4.79. The fourth-order valence-electron chi connectivity index (χ4n) is 1.12. The van der Waals surface area contributed by atoms with E-state index in [-0.39, 0.29) is 5.54 Å². The smallest absolute Gasteiger partial charge is 0.231 e. The standard InChI is InChI=1S/C11H22N6/c1-7-11(2,3)16-9-13-8(12-4)14-10(15-9)17(5)6/h7H2,1-6H3,(H2,12,13,14,15,16). The minimum absolute atomic E-state index is 0.0318. The van der Waals surface area contributed by atoms with Crippen molar-refractivity contribution < 1.29 is 0 Å². The molecular formula is C11H22N6. The van der Waals surface area contributed by atoms with Gasteiger partial charge in [0.25, 0.3) is 0 Å². The van der Waals surface area contributed by atoms with Crippen LogP contribution in [0.1, 0.15) is 27.2 Å². The van der Waals surface area contributed by atoms with Gasteiger partial charge in [0, 0.05) is 26.7 Å². The number of rotatable bonds is 5. The molecule has 0 saturated carbocycles. The van der Waals surface area contributed by atoms with Crippen molar-refractivity contribution in [1.82, 2.24) is 15.0 Å². The molecule has 0 amide bonds. The SMILES string of the molecule is CCC(C)(C)Nc1nc(NC)nc(N(C)C)n1. The van der Waals surface area contributed by atoms with Crippen LogP contribution in [0.3, 0.4) is 0 Å². The van der Waals surface area contributed by atoms with E-state index in [0.29, 0.717) is 17.8 Å². The van der Waals surface area contributed by atoms with Crippen LogP contribution in [-0.2, 0) is 0 Å². The maximum Gasteiger partial charge on any atom is 0.231 e. The van der Waals surface area contributed by atoms with Crippen molar-refractivity contribution in [1.29, 1.82) is 0 Å². The van der Waals surface area contributed by atoms with Gasteiger partial charge in [-0.1, -0.05) is 6.92 Å². The highest BCUT2D eigenvalue weighted by atomic mass is 15.3. The van der Waals surface area contributed by atoms with Crippen LogP contribution in [0.25, 0.3) is 0 Å². The Bertz CT molecular complexity index is 374. The van der Waals surface area contributed by atoms with Crippen molar-refractivity contribution in [3.8, 4) is 0 Å². The Morgan fingerprint density at radius 1 is 1.12 bits per heavy atom. The topological polar surface area (TPSA) is 66.0 Å². The average molecular weight is 238 g/mol. The molecule has 0 saturated heterocycles. The molecule has 0 aliphatic carbocycles. The van der Waals surface area contributed by atoms with Gasteiger partial charge in [-0.3, -0.25) is 0 Å². The molecule has 1 aromatic heterocycles. The van der Waals surface area contributed by atoms with Crippen LogP contribution < -0.4 is 15.5 Å². The summed E-state index contributed by atoms with van der Waals surface area (Å²) in [5, 5.41) is 6.25. The van der Waals surface area contributed by atoms with Crippen molar-refractivity contribution in [3.05, 3.63) is 0 Å². The predicted molar refractivity (Wildman–Crippen MR) is 71.7 cm³/mol. The predicted octanol–water partition coefficient (Wildman–Crippen LogP) is 1.58. The van der Waals surface area contributed by atoms with Crippen molar-refractivity contribution >= 4 is 17.8 Å². The molecule has 1 heterocycles. The van der Waals surface area contributed by atoms with Gasteiger partial charge in [-0.25, -0.2) is 0 Å². The maximum atomic E-state index is 4.37. The van der Waals surface area contributed by atoms with Gasteiger partial charge in [-0.2, -0.15) is 15.0 Å². The molecule has 0 aliphatic rings. The van der Waals surface area contributed by atoms with E-state index in [9.17, 15) is 0 Å². The minimum Gasteiger partial charge on any atom is -0.357 e. The Kier molecular flexibility index (Phi) is 4.09. The van der Waals surface area contributed by atoms with Crippen molar-refractivity contribution in [2.24, 2.45) is 0 Å². The maximum absolute atomic E-state index is 4.37. The first-order chi connectivity index (χ1) is 7.88. The Balaban J connectivity index is 3.03. The summed E-state index contributed by atoms with van der Waals surface area (Å²) in [4.78, 5) is 14.8. The molecule has 17 heavy (non-hydrogen) atoms. The molecule has 1 rings (SSSR count). The summed E-state index contributed by atoms with van der Waals surface area (Å²) in [6.45, 7) is 6.36. The van der Waals surface area contributed by atoms with Crippen molar-refractivity contribution in [3.63, 3.8) is 0 Å². The molecule has 0 atom stereocenters. The highest BCUT2D eigenvalue weighted by Gasteiger charge is 2.17. The molecule has 0 radical (unpaired) electrons. The minimum atomic E-state index is -0.0318. The highest BCUT2D eigenvalue weighted by Crippen LogP contribution is 2.17. The highest BCUT2D eigenvalue weighted by molar-refractivity contribution is 5.43. The molecular weight excluding hydrogens is 216 g/mol. The summed E-state index contributed by atoms with van der Waals surface area (Å²) in [7, 11) is 5.61. The summed E-state index contributed by atoms with van der Waals surface area (Å²) in [5.74, 6) is 1.80. The van der Waals surface area contributed by atoms with E-state index < -0.39 is 0 Å². The van der Waals surface area contributed by atoms with Gasteiger partial charge < -0.3 is 15.5 Å². The average Bonchev–Trinajstić information content (AvgIpc) is 2.28. The molecule has 0 spiro atoms. The number of hydrogen-bond donors (Lipinski definition) is 2. The molecule has 6 heteroatoms. The van der Waals surface area contributed by atoms with Crippen LogP contribution in [0.4, 0.5) is 17.8 Å². The zero-order chi connectivity index (χ0) is 13.1. The van der Waals surface area contributed by atoms with Crippen LogP contribution in [-0.4, -0.2) is 41.6 Å². The molecule has 0 aliphatic heterocycles.